The summed E-state index contributed by atoms with van der Waals surface area (Å²) in [7, 11) is 0. The van der Waals surface area contributed by atoms with E-state index in [-0.39, 0.29) is 0 Å². The van der Waals surface area contributed by atoms with Crippen molar-refractivity contribution in [1.29, 1.82) is 0 Å². The second kappa shape index (κ2) is 8.16. The van der Waals surface area contributed by atoms with Crippen LogP contribution < -0.4 is 16.6 Å². The fourth-order valence-electron chi connectivity index (χ4n) is 1.75. The molecule has 0 aliphatic heterocycles. The molecule has 0 aliphatic carbocycles. The molecule has 0 saturated carbocycles. The third-order valence-electron chi connectivity index (χ3n) is 2.72. The van der Waals surface area contributed by atoms with Gasteiger partial charge in [0.1, 0.15) is 18.0 Å². The van der Waals surface area contributed by atoms with E-state index >= 15 is 0 Å². The van der Waals surface area contributed by atoms with E-state index in [2.05, 4.69) is 40.8 Å². The summed E-state index contributed by atoms with van der Waals surface area (Å²) in [5.41, 5.74) is 3.71. The SMILES string of the molecule is CCCc1c(NN)ncnc1NC(C)CCSC. The van der Waals surface area contributed by atoms with Crippen molar-refractivity contribution in [2.75, 3.05) is 22.8 Å². The quantitative estimate of drug-likeness (QED) is 0.496. The third kappa shape index (κ3) is 4.34. The molecule has 6 heteroatoms. The molecule has 1 aromatic rings. The van der Waals surface area contributed by atoms with Crippen molar-refractivity contribution >= 4 is 23.4 Å². The van der Waals surface area contributed by atoms with E-state index in [1.54, 1.807) is 0 Å². The van der Waals surface area contributed by atoms with Crippen LogP contribution in [-0.4, -0.2) is 28.0 Å². The average Bonchev–Trinajstić information content (AvgIpc) is 2.38. The molecule has 1 unspecified atom stereocenters. The molecule has 0 radical (unpaired) electrons. The fourth-order valence-corrected chi connectivity index (χ4v) is 2.34. The molecule has 0 aliphatic rings. The third-order valence-corrected chi connectivity index (χ3v) is 3.36. The lowest BCUT2D eigenvalue weighted by molar-refractivity contribution is 0.760. The first kappa shape index (κ1) is 15.0. The molecule has 0 saturated heterocycles. The van der Waals surface area contributed by atoms with Crippen molar-refractivity contribution in [3.63, 3.8) is 0 Å². The van der Waals surface area contributed by atoms with Gasteiger partial charge >= 0.3 is 0 Å². The number of thioether (sulfide) groups is 1. The van der Waals surface area contributed by atoms with Gasteiger partial charge in [-0.3, -0.25) is 0 Å². The second-order valence-corrected chi connectivity index (χ2v) is 5.26. The maximum atomic E-state index is 5.49. The van der Waals surface area contributed by atoms with Crippen molar-refractivity contribution in [2.45, 2.75) is 39.2 Å². The molecule has 1 atom stereocenters. The van der Waals surface area contributed by atoms with Gasteiger partial charge in [0.15, 0.2) is 0 Å². The van der Waals surface area contributed by atoms with Gasteiger partial charge in [0, 0.05) is 11.6 Å². The second-order valence-electron chi connectivity index (χ2n) is 4.27. The van der Waals surface area contributed by atoms with Crippen LogP contribution in [0.2, 0.25) is 0 Å². The maximum Gasteiger partial charge on any atom is 0.148 e. The van der Waals surface area contributed by atoms with E-state index in [1.807, 2.05) is 11.8 Å². The van der Waals surface area contributed by atoms with Gasteiger partial charge in [-0.25, -0.2) is 15.8 Å². The van der Waals surface area contributed by atoms with Crippen LogP contribution in [0.5, 0.6) is 0 Å². The fraction of sp³-hybridized carbons (Fsp3) is 0.667. The number of hydrogen-bond donors (Lipinski definition) is 3. The Morgan fingerprint density at radius 1 is 1.39 bits per heavy atom. The summed E-state index contributed by atoms with van der Waals surface area (Å²) < 4.78 is 0. The highest BCUT2D eigenvalue weighted by atomic mass is 32.2. The Morgan fingerprint density at radius 3 is 2.72 bits per heavy atom. The minimum Gasteiger partial charge on any atom is -0.367 e. The summed E-state index contributed by atoms with van der Waals surface area (Å²) in [4.78, 5) is 8.48. The van der Waals surface area contributed by atoms with Gasteiger partial charge in [-0.2, -0.15) is 11.8 Å². The zero-order valence-corrected chi connectivity index (χ0v) is 12.2. The minimum atomic E-state index is 0.397. The molecule has 0 aromatic carbocycles. The predicted octanol–water partition coefficient (Wildman–Crippen LogP) is 2.27. The van der Waals surface area contributed by atoms with Crippen LogP contribution in [0.25, 0.3) is 0 Å². The van der Waals surface area contributed by atoms with Crippen LogP contribution in [0.3, 0.4) is 0 Å². The van der Waals surface area contributed by atoms with Crippen LogP contribution in [0.15, 0.2) is 6.33 Å². The van der Waals surface area contributed by atoms with Crippen molar-refractivity contribution in [3.05, 3.63) is 11.9 Å². The van der Waals surface area contributed by atoms with Crippen molar-refractivity contribution < 1.29 is 0 Å². The summed E-state index contributed by atoms with van der Waals surface area (Å²) in [6.45, 7) is 4.30. The normalized spacial score (nSPS) is 12.2. The lowest BCUT2D eigenvalue weighted by atomic mass is 10.1. The monoisotopic (exact) mass is 269 g/mol. The molecule has 1 heterocycles. The number of rotatable bonds is 8. The van der Waals surface area contributed by atoms with Gasteiger partial charge in [0.05, 0.1) is 0 Å². The average molecular weight is 269 g/mol. The van der Waals surface area contributed by atoms with E-state index in [1.165, 1.54) is 6.33 Å². The summed E-state index contributed by atoms with van der Waals surface area (Å²) in [5.74, 6) is 8.24. The number of nitrogens with one attached hydrogen (secondary N) is 2. The predicted molar refractivity (Wildman–Crippen MR) is 79.9 cm³/mol. The highest BCUT2D eigenvalue weighted by molar-refractivity contribution is 7.98. The van der Waals surface area contributed by atoms with Crippen molar-refractivity contribution in [3.8, 4) is 0 Å². The minimum absolute atomic E-state index is 0.397. The maximum absolute atomic E-state index is 5.49. The summed E-state index contributed by atoms with van der Waals surface area (Å²) in [5, 5.41) is 3.44. The first-order valence-electron chi connectivity index (χ1n) is 6.28. The van der Waals surface area contributed by atoms with Crippen LogP contribution in [0.1, 0.15) is 32.3 Å². The highest BCUT2D eigenvalue weighted by Gasteiger charge is 2.11. The Bertz CT molecular complexity index is 358. The lowest BCUT2D eigenvalue weighted by Gasteiger charge is -2.18. The number of anilines is 2. The molecule has 1 rings (SSSR count). The molecule has 0 bridgehead atoms. The number of nitrogen functional groups attached to an aromatic ring is 1. The number of aromatic nitrogens is 2. The number of nitrogens with two attached hydrogens (primary N) is 1. The van der Waals surface area contributed by atoms with E-state index in [0.717, 1.165) is 36.4 Å². The molecule has 1 aromatic heterocycles. The first-order chi connectivity index (χ1) is 8.72. The van der Waals surface area contributed by atoms with Gasteiger partial charge in [-0.15, -0.1) is 0 Å². The Labute approximate surface area is 113 Å². The Hall–Kier alpha value is -1.01. The number of hydrogen-bond acceptors (Lipinski definition) is 6. The number of hydrazine groups is 1. The standard InChI is InChI=1S/C12H23N5S/c1-4-5-10-11(14-8-15-12(10)17-13)16-9(2)6-7-18-3/h8-9H,4-7,13H2,1-3H3,(H2,14,15,16,17). The summed E-state index contributed by atoms with van der Waals surface area (Å²) in [6.07, 6.45) is 6.73. The molecule has 0 fully saturated rings. The highest BCUT2D eigenvalue weighted by Crippen LogP contribution is 2.22. The molecule has 5 nitrogen and oxygen atoms in total. The molecular weight excluding hydrogens is 246 g/mol. The molecule has 18 heavy (non-hydrogen) atoms. The first-order valence-corrected chi connectivity index (χ1v) is 7.68. The Morgan fingerprint density at radius 2 is 2.11 bits per heavy atom. The van der Waals surface area contributed by atoms with E-state index in [9.17, 15) is 0 Å². The number of nitrogens with zero attached hydrogens (tertiary/aromatic N) is 2. The van der Waals surface area contributed by atoms with Crippen LogP contribution in [-0.2, 0) is 6.42 Å². The molecule has 102 valence electrons. The molecular formula is C12H23N5S. The topological polar surface area (TPSA) is 75.9 Å². The Balaban J connectivity index is 2.79. The van der Waals surface area contributed by atoms with Crippen LogP contribution >= 0.6 is 11.8 Å². The van der Waals surface area contributed by atoms with Gasteiger partial charge in [0.2, 0.25) is 0 Å². The zero-order valence-electron chi connectivity index (χ0n) is 11.4. The van der Waals surface area contributed by atoms with Gasteiger partial charge in [-0.1, -0.05) is 13.3 Å². The smallest absolute Gasteiger partial charge is 0.148 e. The molecule has 4 N–H and O–H groups in total. The van der Waals surface area contributed by atoms with E-state index < -0.39 is 0 Å². The lowest BCUT2D eigenvalue weighted by Crippen LogP contribution is -2.20. The van der Waals surface area contributed by atoms with E-state index in [0.29, 0.717) is 11.9 Å². The van der Waals surface area contributed by atoms with E-state index in [4.69, 9.17) is 5.84 Å². The summed E-state index contributed by atoms with van der Waals surface area (Å²) >= 11 is 1.86. The van der Waals surface area contributed by atoms with Crippen LogP contribution in [0, 0.1) is 0 Å². The summed E-state index contributed by atoms with van der Waals surface area (Å²) in [6, 6.07) is 0.397. The van der Waals surface area contributed by atoms with Crippen LogP contribution in [0.4, 0.5) is 11.6 Å². The zero-order chi connectivity index (χ0) is 13.4. The van der Waals surface area contributed by atoms with Gasteiger partial charge < -0.3 is 10.7 Å². The molecule has 0 amide bonds. The van der Waals surface area contributed by atoms with Crippen molar-refractivity contribution in [2.24, 2.45) is 5.84 Å². The largest absolute Gasteiger partial charge is 0.367 e. The van der Waals surface area contributed by atoms with Gasteiger partial charge in [-0.05, 0) is 31.8 Å². The van der Waals surface area contributed by atoms with Crippen molar-refractivity contribution in [1.82, 2.24) is 9.97 Å². The Kier molecular flexibility index (Phi) is 6.82. The molecule has 0 spiro atoms. The van der Waals surface area contributed by atoms with Gasteiger partial charge in [0.25, 0.3) is 0 Å².